The molecule has 4 heterocycles. The molecule has 0 saturated heterocycles. The SMILES string of the molecule is CC(C)(C)c1cc2c3c(c1)Oc1ccc(-c4nc5ccccc5s4)cc1B3c1cc(-c3ccccn3)ccc1O2. The minimum absolute atomic E-state index is 0.0375. The summed E-state index contributed by atoms with van der Waals surface area (Å²) in [5, 5.41) is 1.01. The van der Waals surface area contributed by atoms with E-state index in [1.165, 1.54) is 10.3 Å². The Labute approximate surface area is 237 Å². The maximum Gasteiger partial charge on any atom is 0.260 e. The van der Waals surface area contributed by atoms with E-state index in [9.17, 15) is 0 Å². The van der Waals surface area contributed by atoms with Gasteiger partial charge < -0.3 is 9.47 Å². The summed E-state index contributed by atoms with van der Waals surface area (Å²) in [5.74, 6) is 3.46. The molecule has 2 aliphatic rings. The smallest absolute Gasteiger partial charge is 0.260 e. The summed E-state index contributed by atoms with van der Waals surface area (Å²) in [5.41, 5.74) is 8.57. The Bertz CT molecular complexity index is 1910. The second-order valence-electron chi connectivity index (χ2n) is 11.5. The van der Waals surface area contributed by atoms with Crippen LogP contribution in [0.15, 0.2) is 97.2 Å². The first kappa shape index (κ1) is 23.5. The van der Waals surface area contributed by atoms with Gasteiger partial charge in [0.2, 0.25) is 0 Å². The number of pyridine rings is 1. The van der Waals surface area contributed by atoms with Gasteiger partial charge in [-0.05, 0) is 88.1 Å². The summed E-state index contributed by atoms with van der Waals surface area (Å²) in [7, 11) is 0. The second kappa shape index (κ2) is 8.54. The third-order valence-corrected chi connectivity index (χ3v) is 8.93. The minimum Gasteiger partial charge on any atom is -0.458 e. The third kappa shape index (κ3) is 3.67. The first-order valence-electron chi connectivity index (χ1n) is 13.5. The van der Waals surface area contributed by atoms with Crippen LogP contribution >= 0.6 is 11.3 Å². The van der Waals surface area contributed by atoms with E-state index in [-0.39, 0.29) is 12.1 Å². The van der Waals surface area contributed by atoms with Crippen LogP contribution in [0.4, 0.5) is 0 Å². The lowest BCUT2D eigenvalue weighted by molar-refractivity contribution is 0.458. The molecule has 0 bridgehead atoms. The van der Waals surface area contributed by atoms with Crippen LogP contribution in [0, 0.1) is 0 Å². The van der Waals surface area contributed by atoms with Crippen molar-refractivity contribution in [3.8, 4) is 44.8 Å². The van der Waals surface area contributed by atoms with Crippen molar-refractivity contribution in [2.45, 2.75) is 26.2 Å². The number of nitrogens with zero attached hydrogens (tertiary/aromatic N) is 2. The summed E-state index contributed by atoms with van der Waals surface area (Å²) in [6, 6.07) is 31.6. The molecule has 192 valence electrons. The molecule has 40 heavy (non-hydrogen) atoms. The number of hydrogen-bond acceptors (Lipinski definition) is 5. The number of benzene rings is 4. The highest BCUT2D eigenvalue weighted by Gasteiger charge is 2.41. The molecule has 0 radical (unpaired) electrons. The fourth-order valence-electron chi connectivity index (χ4n) is 5.76. The molecule has 2 aromatic heterocycles. The van der Waals surface area contributed by atoms with Crippen molar-refractivity contribution in [3.63, 3.8) is 0 Å². The number of aromatic nitrogens is 2. The van der Waals surface area contributed by atoms with Gasteiger partial charge in [0.05, 0.1) is 15.9 Å². The highest BCUT2D eigenvalue weighted by atomic mass is 32.1. The topological polar surface area (TPSA) is 44.2 Å². The van der Waals surface area contributed by atoms with Gasteiger partial charge >= 0.3 is 0 Å². The fraction of sp³-hybridized carbons (Fsp3) is 0.118. The highest BCUT2D eigenvalue weighted by molar-refractivity contribution is 7.21. The zero-order valence-electron chi connectivity index (χ0n) is 22.4. The second-order valence-corrected chi connectivity index (χ2v) is 12.5. The Hall–Kier alpha value is -4.42. The van der Waals surface area contributed by atoms with Gasteiger partial charge in [-0.1, -0.05) is 51.1 Å². The fourth-order valence-corrected chi connectivity index (χ4v) is 6.72. The Balaban J connectivity index is 1.35. The number of rotatable bonds is 2. The van der Waals surface area contributed by atoms with Gasteiger partial charge in [-0.3, -0.25) is 4.98 Å². The molecule has 6 aromatic rings. The van der Waals surface area contributed by atoms with Crippen molar-refractivity contribution < 1.29 is 9.47 Å². The van der Waals surface area contributed by atoms with Crippen molar-refractivity contribution in [1.29, 1.82) is 0 Å². The molecule has 0 fully saturated rings. The largest absolute Gasteiger partial charge is 0.458 e. The Morgan fingerprint density at radius 2 is 1.38 bits per heavy atom. The first-order valence-corrected chi connectivity index (χ1v) is 14.3. The summed E-state index contributed by atoms with van der Waals surface area (Å²) < 4.78 is 14.4. The van der Waals surface area contributed by atoms with E-state index in [4.69, 9.17) is 14.5 Å². The summed E-state index contributed by atoms with van der Waals surface area (Å²) in [6.45, 7) is 6.62. The van der Waals surface area contributed by atoms with Crippen LogP contribution in [0.1, 0.15) is 26.3 Å². The van der Waals surface area contributed by atoms with Gasteiger partial charge in [-0.2, -0.15) is 0 Å². The van der Waals surface area contributed by atoms with E-state index in [1.807, 2.05) is 30.5 Å². The van der Waals surface area contributed by atoms with Crippen LogP contribution in [-0.4, -0.2) is 16.7 Å². The molecule has 0 N–H and O–H groups in total. The molecule has 0 atom stereocenters. The predicted octanol–water partition coefficient (Wildman–Crippen LogP) is 7.05. The molecule has 0 aliphatic carbocycles. The van der Waals surface area contributed by atoms with Crippen LogP contribution in [0.25, 0.3) is 32.0 Å². The molecule has 4 nitrogen and oxygen atoms in total. The van der Waals surface area contributed by atoms with Crippen molar-refractivity contribution >= 4 is 44.7 Å². The monoisotopic (exact) mass is 536 g/mol. The summed E-state index contributed by atoms with van der Waals surface area (Å²) >= 11 is 1.72. The van der Waals surface area contributed by atoms with E-state index in [1.54, 1.807) is 11.3 Å². The summed E-state index contributed by atoms with van der Waals surface area (Å²) in [4.78, 5) is 9.55. The normalized spacial score (nSPS) is 13.2. The molecule has 4 aromatic carbocycles. The van der Waals surface area contributed by atoms with Gasteiger partial charge in [-0.25, -0.2) is 4.98 Å². The van der Waals surface area contributed by atoms with E-state index >= 15 is 0 Å². The van der Waals surface area contributed by atoms with Crippen LogP contribution in [0.2, 0.25) is 0 Å². The van der Waals surface area contributed by atoms with Crippen LogP contribution < -0.4 is 25.9 Å². The van der Waals surface area contributed by atoms with E-state index in [0.717, 1.165) is 66.7 Å². The van der Waals surface area contributed by atoms with Crippen molar-refractivity contribution in [3.05, 3.63) is 103 Å². The third-order valence-electron chi connectivity index (χ3n) is 7.84. The van der Waals surface area contributed by atoms with E-state index < -0.39 is 0 Å². The summed E-state index contributed by atoms with van der Waals surface area (Å²) in [6.07, 6.45) is 1.83. The number of para-hydroxylation sites is 1. The Morgan fingerprint density at radius 3 is 2.05 bits per heavy atom. The standard InChI is InChI=1S/C34H25BN2O2S/c1-34(2,3)22-18-29-32-30(19-22)39-28-14-12-21(33-37-26-9-4-5-10-31(26)40-33)17-24(28)35(32)23-16-20(11-13-27(23)38-29)25-8-6-7-15-36-25/h4-19H,1-3H3. The van der Waals surface area contributed by atoms with Gasteiger partial charge in [0, 0.05) is 17.2 Å². The zero-order chi connectivity index (χ0) is 27.0. The zero-order valence-corrected chi connectivity index (χ0v) is 23.3. The molecule has 2 aliphatic heterocycles. The van der Waals surface area contributed by atoms with Crippen LogP contribution in [-0.2, 0) is 5.41 Å². The molecule has 0 amide bonds. The molecule has 0 spiro atoms. The number of fused-ring (bicyclic) bond motifs is 5. The van der Waals surface area contributed by atoms with Crippen molar-refractivity contribution in [2.75, 3.05) is 0 Å². The van der Waals surface area contributed by atoms with Gasteiger partial charge in [-0.15, -0.1) is 11.3 Å². The molecular weight excluding hydrogens is 511 g/mol. The number of thiazole rings is 1. The molecular formula is C34H25BN2O2S. The van der Waals surface area contributed by atoms with Crippen molar-refractivity contribution in [2.24, 2.45) is 0 Å². The Morgan fingerprint density at radius 1 is 0.700 bits per heavy atom. The van der Waals surface area contributed by atoms with Gasteiger partial charge in [0.1, 0.15) is 28.0 Å². The lowest BCUT2D eigenvalue weighted by atomic mass is 9.34. The van der Waals surface area contributed by atoms with E-state index in [2.05, 4.69) is 92.5 Å². The predicted molar refractivity (Wildman–Crippen MR) is 165 cm³/mol. The molecule has 0 saturated carbocycles. The van der Waals surface area contributed by atoms with Crippen LogP contribution in [0.3, 0.4) is 0 Å². The average molecular weight is 536 g/mol. The maximum absolute atomic E-state index is 6.63. The van der Waals surface area contributed by atoms with E-state index in [0.29, 0.717) is 0 Å². The maximum atomic E-state index is 6.63. The van der Waals surface area contributed by atoms with Crippen LogP contribution in [0.5, 0.6) is 23.0 Å². The van der Waals surface area contributed by atoms with Crippen molar-refractivity contribution in [1.82, 2.24) is 9.97 Å². The molecule has 8 rings (SSSR count). The number of ether oxygens (including phenoxy) is 2. The highest BCUT2D eigenvalue weighted by Crippen LogP contribution is 2.40. The lowest BCUT2D eigenvalue weighted by Crippen LogP contribution is -2.57. The molecule has 0 unspecified atom stereocenters. The lowest BCUT2D eigenvalue weighted by Gasteiger charge is -2.35. The number of hydrogen-bond donors (Lipinski definition) is 0. The van der Waals surface area contributed by atoms with Gasteiger partial charge in [0.25, 0.3) is 6.71 Å². The quantitative estimate of drug-likeness (QED) is 0.222. The Kier molecular flexibility index (Phi) is 5.01. The minimum atomic E-state index is -0.0478. The van der Waals surface area contributed by atoms with Gasteiger partial charge in [0.15, 0.2) is 0 Å². The average Bonchev–Trinajstić information content (AvgIpc) is 3.41. The molecule has 6 heteroatoms. The first-order chi connectivity index (χ1) is 19.4.